The lowest BCUT2D eigenvalue weighted by Crippen LogP contribution is -2.39. The molecule has 5 heteroatoms. The molecule has 0 spiro atoms. The summed E-state index contributed by atoms with van der Waals surface area (Å²) in [5, 5.41) is 9.72. The van der Waals surface area contributed by atoms with Crippen LogP contribution in [0.1, 0.15) is 32.4 Å². The van der Waals surface area contributed by atoms with Gasteiger partial charge in [-0.25, -0.2) is 4.39 Å². The summed E-state index contributed by atoms with van der Waals surface area (Å²) >= 11 is 0. The summed E-state index contributed by atoms with van der Waals surface area (Å²) in [7, 11) is 1.66. The van der Waals surface area contributed by atoms with E-state index in [9.17, 15) is 14.3 Å². The summed E-state index contributed by atoms with van der Waals surface area (Å²) in [4.78, 5) is 15.3. The number of para-hydroxylation sites is 1. The normalized spacial score (nSPS) is 12.1. The summed E-state index contributed by atoms with van der Waals surface area (Å²) in [6.07, 6.45) is -0.785. The van der Waals surface area contributed by atoms with Gasteiger partial charge in [0.25, 0.3) is 0 Å². The van der Waals surface area contributed by atoms with Gasteiger partial charge in [0.1, 0.15) is 5.82 Å². The second-order valence-electron chi connectivity index (χ2n) is 4.78. The van der Waals surface area contributed by atoms with E-state index in [1.165, 1.54) is 6.07 Å². The van der Waals surface area contributed by atoms with Crippen molar-refractivity contribution in [2.45, 2.75) is 26.9 Å². The summed E-state index contributed by atoms with van der Waals surface area (Å²) in [5.41, 5.74) is 0.767. The Morgan fingerprint density at radius 2 is 1.95 bits per heavy atom. The van der Waals surface area contributed by atoms with E-state index < -0.39 is 11.9 Å². The average Bonchev–Trinajstić information content (AvgIpc) is 2.39. The van der Waals surface area contributed by atoms with Crippen LogP contribution in [0.25, 0.3) is 0 Å². The molecule has 0 aliphatic heterocycles. The van der Waals surface area contributed by atoms with E-state index in [1.54, 1.807) is 35.9 Å². The van der Waals surface area contributed by atoms with E-state index in [0.29, 0.717) is 18.7 Å². The highest BCUT2D eigenvalue weighted by molar-refractivity contribution is 5.81. The van der Waals surface area contributed by atoms with Gasteiger partial charge in [0.2, 0.25) is 5.91 Å². The molecule has 0 heterocycles. The number of nitrogens with zero attached hydrogens (tertiary/aromatic N) is 2. The average molecular weight is 282 g/mol. The van der Waals surface area contributed by atoms with E-state index in [0.717, 1.165) is 0 Å². The number of halogens is 1. The van der Waals surface area contributed by atoms with Crippen LogP contribution >= 0.6 is 0 Å². The third-order valence-electron chi connectivity index (χ3n) is 3.34. The van der Waals surface area contributed by atoms with Gasteiger partial charge in [0, 0.05) is 25.7 Å². The molecule has 1 amide bonds. The monoisotopic (exact) mass is 282 g/mol. The first kappa shape index (κ1) is 16.4. The topological polar surface area (TPSA) is 43.8 Å². The predicted molar refractivity (Wildman–Crippen MR) is 78.2 cm³/mol. The number of aliphatic hydroxyl groups is 1. The Morgan fingerprint density at radius 3 is 2.45 bits per heavy atom. The Hall–Kier alpha value is -1.62. The molecule has 112 valence electrons. The Morgan fingerprint density at radius 1 is 1.35 bits per heavy atom. The Balaban J connectivity index is 2.98. The van der Waals surface area contributed by atoms with Crippen LogP contribution in [-0.2, 0) is 4.79 Å². The van der Waals surface area contributed by atoms with Crippen LogP contribution in [0.2, 0.25) is 0 Å². The van der Waals surface area contributed by atoms with Crippen molar-refractivity contribution >= 4 is 11.6 Å². The minimum Gasteiger partial charge on any atom is -0.389 e. The van der Waals surface area contributed by atoms with Gasteiger partial charge in [-0.05, 0) is 26.8 Å². The molecule has 0 aliphatic rings. The van der Waals surface area contributed by atoms with E-state index >= 15 is 0 Å². The second-order valence-corrected chi connectivity index (χ2v) is 4.78. The van der Waals surface area contributed by atoms with Crippen molar-refractivity contribution in [3.63, 3.8) is 0 Å². The van der Waals surface area contributed by atoms with Crippen LogP contribution in [-0.4, -0.2) is 42.6 Å². The minimum atomic E-state index is -0.785. The second kappa shape index (κ2) is 7.24. The van der Waals surface area contributed by atoms with Crippen molar-refractivity contribution in [3.05, 3.63) is 29.6 Å². The smallest absolute Gasteiger partial charge is 0.242 e. The molecule has 1 atom stereocenters. The summed E-state index contributed by atoms with van der Waals surface area (Å²) in [6, 6.07) is 4.56. The molecule has 0 unspecified atom stereocenters. The van der Waals surface area contributed by atoms with Gasteiger partial charge in [-0.3, -0.25) is 4.79 Å². The van der Waals surface area contributed by atoms with Crippen molar-refractivity contribution in [2.75, 3.05) is 31.6 Å². The number of hydrogen-bond donors (Lipinski definition) is 1. The SMILES string of the molecule is CCN(CC)C(=O)CN(C)c1c(F)cccc1[C@@H](C)O. The number of carbonyl (C=O) groups is 1. The number of carbonyl (C=O) groups excluding carboxylic acids is 1. The van der Waals surface area contributed by atoms with E-state index in [1.807, 2.05) is 13.8 Å². The highest BCUT2D eigenvalue weighted by Gasteiger charge is 2.19. The number of benzene rings is 1. The number of anilines is 1. The maximum atomic E-state index is 14.0. The zero-order valence-corrected chi connectivity index (χ0v) is 12.6. The summed E-state index contributed by atoms with van der Waals surface area (Å²) in [6.45, 7) is 6.74. The van der Waals surface area contributed by atoms with E-state index in [-0.39, 0.29) is 18.1 Å². The molecule has 1 N–H and O–H groups in total. The fourth-order valence-corrected chi connectivity index (χ4v) is 2.23. The van der Waals surface area contributed by atoms with Crippen molar-refractivity contribution in [1.82, 2.24) is 4.90 Å². The number of rotatable bonds is 6. The first-order valence-electron chi connectivity index (χ1n) is 6.87. The van der Waals surface area contributed by atoms with Crippen molar-refractivity contribution < 1.29 is 14.3 Å². The van der Waals surface area contributed by atoms with Gasteiger partial charge in [-0.2, -0.15) is 0 Å². The van der Waals surface area contributed by atoms with Gasteiger partial charge in [-0.1, -0.05) is 12.1 Å². The van der Waals surface area contributed by atoms with Gasteiger partial charge in [-0.15, -0.1) is 0 Å². The number of aliphatic hydroxyl groups excluding tert-OH is 1. The molecule has 0 fully saturated rings. The van der Waals surface area contributed by atoms with Crippen molar-refractivity contribution in [2.24, 2.45) is 0 Å². The lowest BCUT2D eigenvalue weighted by Gasteiger charge is -2.27. The van der Waals surface area contributed by atoms with Crippen molar-refractivity contribution in [1.29, 1.82) is 0 Å². The summed E-state index contributed by atoms with van der Waals surface area (Å²) in [5.74, 6) is -0.490. The molecule has 0 aliphatic carbocycles. The summed E-state index contributed by atoms with van der Waals surface area (Å²) < 4.78 is 14.0. The highest BCUT2D eigenvalue weighted by atomic mass is 19.1. The van der Waals surface area contributed by atoms with Crippen LogP contribution in [0, 0.1) is 5.82 Å². The van der Waals surface area contributed by atoms with Gasteiger partial charge >= 0.3 is 0 Å². The molecule has 1 rings (SSSR count). The zero-order chi connectivity index (χ0) is 15.3. The minimum absolute atomic E-state index is 0.0581. The Bertz CT molecular complexity index is 459. The highest BCUT2D eigenvalue weighted by Crippen LogP contribution is 2.28. The Kier molecular flexibility index (Phi) is 5.95. The van der Waals surface area contributed by atoms with E-state index in [4.69, 9.17) is 0 Å². The lowest BCUT2D eigenvalue weighted by atomic mass is 10.1. The molecule has 0 aromatic heterocycles. The number of likely N-dealkylation sites (N-methyl/N-ethyl adjacent to an activating group) is 2. The van der Waals surface area contributed by atoms with E-state index in [2.05, 4.69) is 0 Å². The quantitative estimate of drug-likeness (QED) is 0.870. The van der Waals surface area contributed by atoms with Crippen LogP contribution < -0.4 is 4.90 Å². The standard InChI is InChI=1S/C15H23FN2O2/c1-5-18(6-2)14(20)10-17(4)15-12(11(3)19)8-7-9-13(15)16/h7-9,11,19H,5-6,10H2,1-4H3/t11-/m1/s1. The first-order chi connectivity index (χ1) is 9.42. The predicted octanol–water partition coefficient (Wildman–Crippen LogP) is 2.18. The largest absolute Gasteiger partial charge is 0.389 e. The van der Waals surface area contributed by atoms with Crippen LogP contribution in [0.5, 0.6) is 0 Å². The molecule has 1 aromatic rings. The fourth-order valence-electron chi connectivity index (χ4n) is 2.23. The van der Waals surface area contributed by atoms with Gasteiger partial charge < -0.3 is 14.9 Å². The van der Waals surface area contributed by atoms with Crippen LogP contribution in [0.4, 0.5) is 10.1 Å². The maximum absolute atomic E-state index is 14.0. The van der Waals surface area contributed by atoms with Gasteiger partial charge in [0.05, 0.1) is 18.3 Å². The lowest BCUT2D eigenvalue weighted by molar-refractivity contribution is -0.129. The first-order valence-corrected chi connectivity index (χ1v) is 6.87. The Labute approximate surface area is 119 Å². The molecular weight excluding hydrogens is 259 g/mol. The number of amides is 1. The molecule has 4 nitrogen and oxygen atoms in total. The van der Waals surface area contributed by atoms with Crippen LogP contribution in [0.15, 0.2) is 18.2 Å². The molecule has 0 radical (unpaired) electrons. The molecule has 1 aromatic carbocycles. The van der Waals surface area contributed by atoms with Gasteiger partial charge in [0.15, 0.2) is 0 Å². The fraction of sp³-hybridized carbons (Fsp3) is 0.533. The maximum Gasteiger partial charge on any atom is 0.242 e. The van der Waals surface area contributed by atoms with Crippen LogP contribution in [0.3, 0.4) is 0 Å². The molecule has 0 saturated carbocycles. The third kappa shape index (κ3) is 3.70. The third-order valence-corrected chi connectivity index (χ3v) is 3.34. The molecule has 20 heavy (non-hydrogen) atoms. The molecule has 0 saturated heterocycles. The zero-order valence-electron chi connectivity index (χ0n) is 12.6. The molecular formula is C15H23FN2O2. The molecule has 0 bridgehead atoms. The van der Waals surface area contributed by atoms with Crippen molar-refractivity contribution in [3.8, 4) is 0 Å². The number of hydrogen-bond acceptors (Lipinski definition) is 3.